The number of nitrogens with zero attached hydrogens (tertiary/aromatic N) is 2. The van der Waals surface area contributed by atoms with Gasteiger partial charge in [-0.25, -0.2) is 0 Å². The first kappa shape index (κ1) is 12.2. The van der Waals surface area contributed by atoms with Gasteiger partial charge in [-0.15, -0.1) is 11.3 Å². The Morgan fingerprint density at radius 3 is 2.89 bits per heavy atom. The molecule has 3 rings (SSSR count). The maximum Gasteiger partial charge on any atom is 0.237 e. The van der Waals surface area contributed by atoms with Gasteiger partial charge in [0.1, 0.15) is 5.69 Å². The molecular weight excluding hydrogens is 258 g/mol. The van der Waals surface area contributed by atoms with Gasteiger partial charge in [0.2, 0.25) is 5.88 Å². The molecule has 4 nitrogen and oxygen atoms in total. The zero-order chi connectivity index (χ0) is 13.1. The number of nitrogens with one attached hydrogen (secondary N) is 1. The molecule has 2 heterocycles. The van der Waals surface area contributed by atoms with Crippen molar-refractivity contribution in [3.05, 3.63) is 53.2 Å². The molecule has 5 heteroatoms. The van der Waals surface area contributed by atoms with Crippen LogP contribution in [0, 0.1) is 0 Å². The van der Waals surface area contributed by atoms with Crippen molar-refractivity contribution in [2.45, 2.75) is 13.1 Å². The summed E-state index contributed by atoms with van der Waals surface area (Å²) in [6.07, 6.45) is 2.02. The van der Waals surface area contributed by atoms with E-state index in [1.54, 1.807) is 18.4 Å². The Balaban J connectivity index is 1.72. The fourth-order valence-electron chi connectivity index (χ4n) is 2.06. The number of imidazole rings is 1. The van der Waals surface area contributed by atoms with Crippen molar-refractivity contribution in [3.8, 4) is 5.88 Å². The molecule has 2 aromatic heterocycles. The summed E-state index contributed by atoms with van der Waals surface area (Å²) in [4.78, 5) is 5.40. The van der Waals surface area contributed by atoms with Crippen molar-refractivity contribution in [3.63, 3.8) is 0 Å². The maximum atomic E-state index is 5.33. The summed E-state index contributed by atoms with van der Waals surface area (Å²) in [7, 11) is 1.66. The normalized spacial score (nSPS) is 11.0. The summed E-state index contributed by atoms with van der Waals surface area (Å²) in [5.41, 5.74) is 2.34. The number of hydrogen-bond donors (Lipinski definition) is 1. The smallest absolute Gasteiger partial charge is 0.237 e. The number of hydrogen-bond acceptors (Lipinski definition) is 4. The lowest BCUT2D eigenvalue weighted by atomic mass is 10.2. The lowest BCUT2D eigenvalue weighted by Gasteiger charge is -2.05. The zero-order valence-corrected chi connectivity index (χ0v) is 11.5. The molecule has 0 aliphatic heterocycles. The van der Waals surface area contributed by atoms with E-state index in [-0.39, 0.29) is 0 Å². The Hall–Kier alpha value is -1.85. The monoisotopic (exact) mass is 273 g/mol. The predicted molar refractivity (Wildman–Crippen MR) is 76.6 cm³/mol. The minimum absolute atomic E-state index is 0.701. The first-order valence-electron chi connectivity index (χ1n) is 6.11. The minimum Gasteiger partial charge on any atom is -0.480 e. The number of thiazole rings is 1. The fourth-order valence-corrected chi connectivity index (χ4v) is 2.78. The van der Waals surface area contributed by atoms with Crippen LogP contribution in [-0.2, 0) is 13.1 Å². The van der Waals surface area contributed by atoms with Crippen molar-refractivity contribution < 1.29 is 4.74 Å². The summed E-state index contributed by atoms with van der Waals surface area (Å²) in [5, 5.41) is 5.45. The number of rotatable bonds is 5. The second kappa shape index (κ2) is 5.42. The van der Waals surface area contributed by atoms with E-state index in [0.29, 0.717) is 5.88 Å². The fraction of sp³-hybridized carbons (Fsp3) is 0.214. The molecule has 0 unspecified atom stereocenters. The molecule has 0 amide bonds. The lowest BCUT2D eigenvalue weighted by molar-refractivity contribution is 0.393. The molecule has 0 saturated heterocycles. The van der Waals surface area contributed by atoms with Gasteiger partial charge in [0.15, 0.2) is 4.96 Å². The van der Waals surface area contributed by atoms with E-state index in [4.69, 9.17) is 4.74 Å². The van der Waals surface area contributed by atoms with Crippen LogP contribution in [0.5, 0.6) is 5.88 Å². The van der Waals surface area contributed by atoms with Crippen LogP contribution in [0.2, 0.25) is 0 Å². The molecule has 0 saturated carbocycles. The second-order valence-corrected chi connectivity index (χ2v) is 5.09. The highest BCUT2D eigenvalue weighted by molar-refractivity contribution is 7.15. The van der Waals surface area contributed by atoms with Gasteiger partial charge in [-0.2, -0.15) is 4.98 Å². The number of aromatic nitrogens is 2. The van der Waals surface area contributed by atoms with Gasteiger partial charge in [-0.1, -0.05) is 30.3 Å². The standard InChI is InChI=1S/C14H15N3OS/c1-18-13-12(17-7-8-19-14(17)16-13)10-15-9-11-5-3-2-4-6-11/h2-8,15H,9-10H2,1H3. The molecule has 0 spiro atoms. The molecule has 0 bridgehead atoms. The SMILES string of the molecule is COc1nc2sccn2c1CNCc1ccccc1. The van der Waals surface area contributed by atoms with Crippen LogP contribution in [0.1, 0.15) is 11.3 Å². The molecule has 0 fully saturated rings. The molecule has 0 radical (unpaired) electrons. The largest absolute Gasteiger partial charge is 0.480 e. The van der Waals surface area contributed by atoms with Crippen LogP contribution in [0.4, 0.5) is 0 Å². The van der Waals surface area contributed by atoms with Crippen LogP contribution < -0.4 is 10.1 Å². The van der Waals surface area contributed by atoms with Crippen molar-refractivity contribution in [1.82, 2.24) is 14.7 Å². The Labute approximate surface area is 115 Å². The third-order valence-electron chi connectivity index (χ3n) is 2.98. The van der Waals surface area contributed by atoms with Crippen LogP contribution in [0.15, 0.2) is 41.9 Å². The predicted octanol–water partition coefficient (Wildman–Crippen LogP) is 2.69. The number of fused-ring (bicyclic) bond motifs is 1. The van der Waals surface area contributed by atoms with Crippen molar-refractivity contribution in [2.24, 2.45) is 0 Å². The number of ether oxygens (including phenoxy) is 1. The first-order chi connectivity index (χ1) is 9.38. The average Bonchev–Trinajstić information content (AvgIpc) is 3.02. The van der Waals surface area contributed by atoms with Crippen LogP contribution in [0.3, 0.4) is 0 Å². The molecule has 19 heavy (non-hydrogen) atoms. The van der Waals surface area contributed by atoms with Gasteiger partial charge in [0.25, 0.3) is 0 Å². The molecule has 0 atom stereocenters. The van der Waals surface area contributed by atoms with Crippen LogP contribution >= 0.6 is 11.3 Å². The molecule has 1 N–H and O–H groups in total. The summed E-state index contributed by atoms with van der Waals surface area (Å²) in [6, 6.07) is 10.3. The van der Waals surface area contributed by atoms with Gasteiger partial charge in [0, 0.05) is 24.7 Å². The van der Waals surface area contributed by atoms with E-state index in [2.05, 4.69) is 26.8 Å². The Bertz CT molecular complexity index is 660. The molecule has 0 aliphatic carbocycles. The van der Waals surface area contributed by atoms with Gasteiger partial charge in [-0.05, 0) is 5.56 Å². The van der Waals surface area contributed by atoms with Crippen molar-refractivity contribution in [2.75, 3.05) is 7.11 Å². The topological polar surface area (TPSA) is 38.6 Å². The van der Waals surface area contributed by atoms with E-state index in [1.807, 2.05) is 29.8 Å². The summed E-state index contributed by atoms with van der Waals surface area (Å²) in [5.74, 6) is 0.701. The zero-order valence-electron chi connectivity index (χ0n) is 10.7. The second-order valence-electron chi connectivity index (χ2n) is 4.21. The van der Waals surface area contributed by atoms with E-state index in [0.717, 1.165) is 23.7 Å². The Kier molecular flexibility index (Phi) is 3.48. The highest BCUT2D eigenvalue weighted by Gasteiger charge is 2.12. The van der Waals surface area contributed by atoms with Crippen molar-refractivity contribution >= 4 is 16.3 Å². The minimum atomic E-state index is 0.701. The molecule has 0 aliphatic rings. The highest BCUT2D eigenvalue weighted by Crippen LogP contribution is 2.22. The van der Waals surface area contributed by atoms with Crippen LogP contribution in [0.25, 0.3) is 4.96 Å². The number of methoxy groups -OCH3 is 1. The Morgan fingerprint density at radius 1 is 1.26 bits per heavy atom. The summed E-state index contributed by atoms with van der Waals surface area (Å²) in [6.45, 7) is 1.57. The van der Waals surface area contributed by atoms with Gasteiger partial charge in [-0.3, -0.25) is 4.40 Å². The average molecular weight is 273 g/mol. The van der Waals surface area contributed by atoms with E-state index in [9.17, 15) is 0 Å². The molecular formula is C14H15N3OS. The molecule has 1 aromatic carbocycles. The number of benzene rings is 1. The van der Waals surface area contributed by atoms with E-state index < -0.39 is 0 Å². The van der Waals surface area contributed by atoms with Crippen molar-refractivity contribution in [1.29, 1.82) is 0 Å². The van der Waals surface area contributed by atoms with E-state index in [1.165, 1.54) is 5.56 Å². The molecule has 98 valence electrons. The maximum absolute atomic E-state index is 5.33. The van der Waals surface area contributed by atoms with E-state index >= 15 is 0 Å². The summed E-state index contributed by atoms with van der Waals surface area (Å²) >= 11 is 1.61. The van der Waals surface area contributed by atoms with Gasteiger partial charge < -0.3 is 10.1 Å². The van der Waals surface area contributed by atoms with Crippen LogP contribution in [-0.4, -0.2) is 16.5 Å². The third kappa shape index (κ3) is 2.47. The third-order valence-corrected chi connectivity index (χ3v) is 3.74. The quantitative estimate of drug-likeness (QED) is 0.777. The highest BCUT2D eigenvalue weighted by atomic mass is 32.1. The first-order valence-corrected chi connectivity index (χ1v) is 6.99. The Morgan fingerprint density at radius 2 is 2.11 bits per heavy atom. The van der Waals surface area contributed by atoms with Gasteiger partial charge in [0.05, 0.1) is 7.11 Å². The van der Waals surface area contributed by atoms with Gasteiger partial charge >= 0.3 is 0 Å². The lowest BCUT2D eigenvalue weighted by Crippen LogP contribution is -2.14. The summed E-state index contributed by atoms with van der Waals surface area (Å²) < 4.78 is 7.40. The molecule has 3 aromatic rings.